The number of amides is 2. The van der Waals surface area contributed by atoms with Gasteiger partial charge >= 0.3 is 0 Å². The molecule has 0 fully saturated rings. The zero-order valence-corrected chi connectivity index (χ0v) is 11.8. The van der Waals surface area contributed by atoms with E-state index in [1.54, 1.807) is 24.3 Å². The molecule has 0 radical (unpaired) electrons. The molecule has 1 aromatic rings. The number of carbonyl (C=O) groups excluding carboxylic acids is 2. The summed E-state index contributed by atoms with van der Waals surface area (Å²) in [7, 11) is 0. The van der Waals surface area contributed by atoms with E-state index in [2.05, 4.69) is 5.32 Å². The lowest BCUT2D eigenvalue weighted by molar-refractivity contribution is -0.121. The number of hydrogen-bond donors (Lipinski definition) is 3. The Kier molecular flexibility index (Phi) is 5.52. The third-order valence-corrected chi connectivity index (χ3v) is 2.48. The van der Waals surface area contributed by atoms with Crippen LogP contribution in [0.15, 0.2) is 24.3 Å². The van der Waals surface area contributed by atoms with Crippen molar-refractivity contribution in [3.63, 3.8) is 0 Å². The highest BCUT2D eigenvalue weighted by atomic mass is 16.5. The predicted octanol–water partition coefficient (Wildman–Crippen LogP) is 0.408. The van der Waals surface area contributed by atoms with Crippen molar-refractivity contribution in [2.75, 3.05) is 13.2 Å². The van der Waals surface area contributed by atoms with Crippen molar-refractivity contribution >= 4 is 11.8 Å². The summed E-state index contributed by atoms with van der Waals surface area (Å²) in [5.41, 5.74) is 10.9. The summed E-state index contributed by atoms with van der Waals surface area (Å²) in [4.78, 5) is 22.4. The van der Waals surface area contributed by atoms with Crippen LogP contribution in [0.1, 0.15) is 30.6 Å². The Hall–Kier alpha value is -2.08. The number of carbonyl (C=O) groups is 2. The minimum Gasteiger partial charge on any atom is -0.493 e. The second kappa shape index (κ2) is 6.91. The number of ether oxygens (including phenoxy) is 1. The summed E-state index contributed by atoms with van der Waals surface area (Å²) in [5, 5.41) is 2.73. The molecule has 20 heavy (non-hydrogen) atoms. The number of primary amides is 1. The standard InChI is InChI=1S/C14H21N3O3/c1-14(2,16)9-17-12(18)7-8-20-11-5-3-10(4-6-11)13(15)19/h3-6H,7-9,16H2,1-2H3,(H2,15,19)(H,17,18). The molecule has 0 aromatic heterocycles. The molecule has 6 nitrogen and oxygen atoms in total. The molecule has 0 bridgehead atoms. The van der Waals surface area contributed by atoms with E-state index in [-0.39, 0.29) is 18.9 Å². The molecule has 0 aliphatic rings. The Morgan fingerprint density at radius 2 is 1.85 bits per heavy atom. The lowest BCUT2D eigenvalue weighted by Crippen LogP contribution is -2.45. The Morgan fingerprint density at radius 1 is 1.25 bits per heavy atom. The third-order valence-electron chi connectivity index (χ3n) is 2.48. The quantitative estimate of drug-likeness (QED) is 0.671. The van der Waals surface area contributed by atoms with E-state index in [0.29, 0.717) is 17.9 Å². The lowest BCUT2D eigenvalue weighted by Gasteiger charge is -2.18. The first-order valence-corrected chi connectivity index (χ1v) is 6.36. The Bertz CT molecular complexity index is 464. The van der Waals surface area contributed by atoms with Crippen LogP contribution in [0.4, 0.5) is 0 Å². The summed E-state index contributed by atoms with van der Waals surface area (Å²) in [6, 6.07) is 6.44. The van der Waals surface area contributed by atoms with Crippen molar-refractivity contribution in [1.29, 1.82) is 0 Å². The van der Waals surface area contributed by atoms with Crippen LogP contribution in [0.3, 0.4) is 0 Å². The number of nitrogens with two attached hydrogens (primary N) is 2. The van der Waals surface area contributed by atoms with Crippen molar-refractivity contribution < 1.29 is 14.3 Å². The molecule has 0 heterocycles. The molecule has 0 spiro atoms. The highest BCUT2D eigenvalue weighted by Crippen LogP contribution is 2.11. The van der Waals surface area contributed by atoms with Gasteiger partial charge in [-0.15, -0.1) is 0 Å². The van der Waals surface area contributed by atoms with E-state index in [1.165, 1.54) is 0 Å². The van der Waals surface area contributed by atoms with Gasteiger partial charge in [0.25, 0.3) is 0 Å². The fraction of sp³-hybridized carbons (Fsp3) is 0.429. The maximum Gasteiger partial charge on any atom is 0.248 e. The Balaban J connectivity index is 2.30. The van der Waals surface area contributed by atoms with E-state index in [1.807, 2.05) is 13.8 Å². The van der Waals surface area contributed by atoms with Crippen molar-refractivity contribution in [2.24, 2.45) is 11.5 Å². The number of benzene rings is 1. The SMILES string of the molecule is CC(C)(N)CNC(=O)CCOc1ccc(C(N)=O)cc1. The highest BCUT2D eigenvalue weighted by Gasteiger charge is 2.12. The van der Waals surface area contributed by atoms with Gasteiger partial charge in [0.2, 0.25) is 11.8 Å². The topological polar surface area (TPSA) is 107 Å². The second-order valence-corrected chi connectivity index (χ2v) is 5.25. The van der Waals surface area contributed by atoms with Gasteiger partial charge in [0.15, 0.2) is 0 Å². The van der Waals surface area contributed by atoms with Gasteiger partial charge in [-0.25, -0.2) is 0 Å². The molecule has 1 aromatic carbocycles. The maximum atomic E-state index is 11.5. The third kappa shape index (κ3) is 6.19. The van der Waals surface area contributed by atoms with E-state index < -0.39 is 11.4 Å². The van der Waals surface area contributed by atoms with Gasteiger partial charge in [-0.3, -0.25) is 9.59 Å². The summed E-state index contributed by atoms with van der Waals surface area (Å²) in [5.74, 6) is -0.0143. The number of rotatable bonds is 7. The van der Waals surface area contributed by atoms with E-state index >= 15 is 0 Å². The lowest BCUT2D eigenvalue weighted by atomic mass is 10.1. The van der Waals surface area contributed by atoms with Crippen LogP contribution < -0.4 is 21.5 Å². The first kappa shape index (κ1) is 16.0. The Labute approximate surface area is 118 Å². The molecule has 2 amide bonds. The molecular formula is C14H21N3O3. The molecule has 0 aliphatic carbocycles. The minimum atomic E-state index is -0.486. The molecule has 110 valence electrons. The number of hydrogen-bond acceptors (Lipinski definition) is 4. The molecular weight excluding hydrogens is 258 g/mol. The second-order valence-electron chi connectivity index (χ2n) is 5.25. The molecule has 0 saturated heterocycles. The summed E-state index contributed by atoms with van der Waals surface area (Å²) in [6.45, 7) is 4.35. The van der Waals surface area contributed by atoms with Crippen molar-refractivity contribution in [1.82, 2.24) is 5.32 Å². The molecule has 0 aliphatic heterocycles. The minimum absolute atomic E-state index is 0.114. The Morgan fingerprint density at radius 3 is 2.35 bits per heavy atom. The largest absolute Gasteiger partial charge is 0.493 e. The summed E-state index contributed by atoms with van der Waals surface area (Å²) >= 11 is 0. The van der Waals surface area contributed by atoms with Crippen LogP contribution in [0.5, 0.6) is 5.75 Å². The van der Waals surface area contributed by atoms with Crippen LogP contribution in [0, 0.1) is 0 Å². The summed E-state index contributed by atoms with van der Waals surface area (Å²) < 4.78 is 5.40. The zero-order valence-electron chi connectivity index (χ0n) is 11.8. The molecule has 1 rings (SSSR count). The maximum absolute atomic E-state index is 11.5. The van der Waals surface area contributed by atoms with Gasteiger partial charge < -0.3 is 21.5 Å². The first-order valence-electron chi connectivity index (χ1n) is 6.36. The van der Waals surface area contributed by atoms with Crippen LogP contribution >= 0.6 is 0 Å². The predicted molar refractivity (Wildman–Crippen MR) is 76.3 cm³/mol. The van der Waals surface area contributed by atoms with Gasteiger partial charge in [-0.05, 0) is 38.1 Å². The van der Waals surface area contributed by atoms with Crippen molar-refractivity contribution in [3.05, 3.63) is 29.8 Å². The average molecular weight is 279 g/mol. The summed E-state index contributed by atoms with van der Waals surface area (Å²) in [6.07, 6.45) is 0.244. The highest BCUT2D eigenvalue weighted by molar-refractivity contribution is 5.92. The monoisotopic (exact) mass is 279 g/mol. The van der Waals surface area contributed by atoms with Crippen molar-refractivity contribution in [2.45, 2.75) is 25.8 Å². The smallest absolute Gasteiger partial charge is 0.248 e. The molecule has 0 atom stereocenters. The number of nitrogens with one attached hydrogen (secondary N) is 1. The molecule has 0 saturated carbocycles. The van der Waals surface area contributed by atoms with Gasteiger partial charge in [0, 0.05) is 17.6 Å². The van der Waals surface area contributed by atoms with E-state index in [4.69, 9.17) is 16.2 Å². The van der Waals surface area contributed by atoms with Gasteiger partial charge in [-0.1, -0.05) is 0 Å². The van der Waals surface area contributed by atoms with Crippen LogP contribution in [-0.4, -0.2) is 30.5 Å². The fourth-order valence-corrected chi connectivity index (χ4v) is 1.39. The zero-order chi connectivity index (χ0) is 15.2. The van der Waals surface area contributed by atoms with Crippen LogP contribution in [0.25, 0.3) is 0 Å². The van der Waals surface area contributed by atoms with Gasteiger partial charge in [-0.2, -0.15) is 0 Å². The van der Waals surface area contributed by atoms with Crippen LogP contribution in [0.2, 0.25) is 0 Å². The fourth-order valence-electron chi connectivity index (χ4n) is 1.39. The normalized spacial score (nSPS) is 10.9. The molecule has 0 unspecified atom stereocenters. The van der Waals surface area contributed by atoms with E-state index in [0.717, 1.165) is 0 Å². The van der Waals surface area contributed by atoms with Gasteiger partial charge in [0.1, 0.15) is 5.75 Å². The molecule has 6 heteroatoms. The molecule has 5 N–H and O–H groups in total. The van der Waals surface area contributed by atoms with E-state index in [9.17, 15) is 9.59 Å². The first-order chi connectivity index (χ1) is 9.28. The van der Waals surface area contributed by atoms with Crippen LogP contribution in [-0.2, 0) is 4.79 Å². The van der Waals surface area contributed by atoms with Crippen molar-refractivity contribution in [3.8, 4) is 5.75 Å². The average Bonchev–Trinajstić information content (AvgIpc) is 2.36. The van der Waals surface area contributed by atoms with Gasteiger partial charge in [0.05, 0.1) is 13.0 Å².